The fourth-order valence-corrected chi connectivity index (χ4v) is 2.16. The predicted octanol–water partition coefficient (Wildman–Crippen LogP) is 4.25. The first-order valence-electron chi connectivity index (χ1n) is 7.66. The molecule has 0 spiro atoms. The Morgan fingerprint density at radius 2 is 1.91 bits per heavy atom. The van der Waals surface area contributed by atoms with Crippen LogP contribution in [0.25, 0.3) is 0 Å². The molecule has 1 amide bonds. The lowest BCUT2D eigenvalue weighted by Crippen LogP contribution is -2.38. The SMILES string of the molecule is CCC(NCCN(C)C(=O)OC(C)(C)C)c1ccc(Cl)cc1. The van der Waals surface area contributed by atoms with Gasteiger partial charge >= 0.3 is 6.09 Å². The van der Waals surface area contributed by atoms with E-state index in [0.717, 1.165) is 11.4 Å². The maximum Gasteiger partial charge on any atom is 0.410 e. The minimum absolute atomic E-state index is 0.254. The average Bonchev–Trinajstić information content (AvgIpc) is 2.43. The second-order valence-electron chi connectivity index (χ2n) is 6.37. The van der Waals surface area contributed by atoms with Crippen LogP contribution < -0.4 is 5.32 Å². The van der Waals surface area contributed by atoms with Gasteiger partial charge in [0.1, 0.15) is 5.60 Å². The number of carbonyl (C=O) groups is 1. The van der Waals surface area contributed by atoms with Gasteiger partial charge in [0.15, 0.2) is 0 Å². The molecule has 0 fully saturated rings. The zero-order chi connectivity index (χ0) is 16.8. The average molecular weight is 327 g/mol. The summed E-state index contributed by atoms with van der Waals surface area (Å²) in [5, 5.41) is 4.20. The Kier molecular flexibility index (Phi) is 7.17. The van der Waals surface area contributed by atoms with Gasteiger partial charge in [-0.3, -0.25) is 0 Å². The van der Waals surface area contributed by atoms with Gasteiger partial charge < -0.3 is 15.0 Å². The summed E-state index contributed by atoms with van der Waals surface area (Å²) in [7, 11) is 1.75. The van der Waals surface area contributed by atoms with Gasteiger partial charge in [-0.25, -0.2) is 4.79 Å². The first kappa shape index (κ1) is 18.8. The molecule has 0 aliphatic carbocycles. The number of ether oxygens (including phenoxy) is 1. The fourth-order valence-electron chi connectivity index (χ4n) is 2.03. The second-order valence-corrected chi connectivity index (χ2v) is 6.80. The lowest BCUT2D eigenvalue weighted by atomic mass is 10.0. The molecule has 0 saturated carbocycles. The monoisotopic (exact) mass is 326 g/mol. The summed E-state index contributed by atoms with van der Waals surface area (Å²) in [4.78, 5) is 13.5. The first-order chi connectivity index (χ1) is 10.2. The van der Waals surface area contributed by atoms with Crippen molar-refractivity contribution in [2.45, 2.75) is 45.8 Å². The van der Waals surface area contributed by atoms with E-state index in [0.29, 0.717) is 13.1 Å². The van der Waals surface area contributed by atoms with E-state index in [2.05, 4.69) is 12.2 Å². The van der Waals surface area contributed by atoms with E-state index in [9.17, 15) is 4.79 Å². The number of amides is 1. The minimum atomic E-state index is -0.464. The maximum absolute atomic E-state index is 11.9. The Morgan fingerprint density at radius 3 is 2.41 bits per heavy atom. The number of nitrogens with zero attached hydrogens (tertiary/aromatic N) is 1. The molecule has 1 aromatic carbocycles. The summed E-state index contributed by atoms with van der Waals surface area (Å²) >= 11 is 5.91. The van der Waals surface area contributed by atoms with Crippen molar-refractivity contribution in [3.05, 3.63) is 34.9 Å². The third-order valence-electron chi connectivity index (χ3n) is 3.22. The number of rotatable bonds is 6. The molecule has 1 unspecified atom stereocenters. The minimum Gasteiger partial charge on any atom is -0.444 e. The van der Waals surface area contributed by atoms with Gasteiger partial charge in [0, 0.05) is 31.2 Å². The van der Waals surface area contributed by atoms with Crippen molar-refractivity contribution in [2.75, 3.05) is 20.1 Å². The lowest BCUT2D eigenvalue weighted by Gasteiger charge is -2.25. The molecule has 1 atom stereocenters. The van der Waals surface area contributed by atoms with E-state index in [1.807, 2.05) is 45.0 Å². The maximum atomic E-state index is 11.9. The smallest absolute Gasteiger partial charge is 0.410 e. The topological polar surface area (TPSA) is 41.6 Å². The third kappa shape index (κ3) is 6.67. The van der Waals surface area contributed by atoms with Crippen molar-refractivity contribution >= 4 is 17.7 Å². The van der Waals surface area contributed by atoms with Crippen LogP contribution in [0.2, 0.25) is 5.02 Å². The van der Waals surface area contributed by atoms with Gasteiger partial charge in [-0.15, -0.1) is 0 Å². The molecule has 1 rings (SSSR count). The van der Waals surface area contributed by atoms with Gasteiger partial charge in [-0.05, 0) is 44.9 Å². The van der Waals surface area contributed by atoms with Crippen molar-refractivity contribution in [1.29, 1.82) is 0 Å². The number of carbonyl (C=O) groups excluding carboxylic acids is 1. The van der Waals surface area contributed by atoms with Crippen LogP contribution in [0.1, 0.15) is 45.7 Å². The molecule has 124 valence electrons. The summed E-state index contributed by atoms with van der Waals surface area (Å²) in [6.07, 6.45) is 0.673. The van der Waals surface area contributed by atoms with Crippen molar-refractivity contribution in [3.8, 4) is 0 Å². The van der Waals surface area contributed by atoms with Crippen LogP contribution in [0.5, 0.6) is 0 Å². The molecule has 1 N–H and O–H groups in total. The van der Waals surface area contributed by atoms with Crippen molar-refractivity contribution in [3.63, 3.8) is 0 Å². The molecule has 0 aliphatic rings. The van der Waals surface area contributed by atoms with Crippen LogP contribution in [0.3, 0.4) is 0 Å². The molecule has 0 bridgehead atoms. The fraction of sp³-hybridized carbons (Fsp3) is 0.588. The normalized spacial score (nSPS) is 12.8. The molecule has 22 heavy (non-hydrogen) atoms. The standard InChI is InChI=1S/C17H27ClN2O2/c1-6-15(13-7-9-14(18)10-8-13)19-11-12-20(5)16(21)22-17(2,3)4/h7-10,15,19H,6,11-12H2,1-5H3. The highest BCUT2D eigenvalue weighted by Crippen LogP contribution is 2.18. The Balaban J connectivity index is 2.44. The highest BCUT2D eigenvalue weighted by atomic mass is 35.5. The molecule has 1 aromatic rings. The molecule has 0 saturated heterocycles. The molecule has 0 aromatic heterocycles. The van der Waals surface area contributed by atoms with Gasteiger partial charge in [-0.2, -0.15) is 0 Å². The quantitative estimate of drug-likeness (QED) is 0.849. The Labute approximate surface area is 138 Å². The van der Waals surface area contributed by atoms with Crippen LogP contribution in [0.4, 0.5) is 4.79 Å². The molecule has 0 heterocycles. The third-order valence-corrected chi connectivity index (χ3v) is 3.48. The van der Waals surface area contributed by atoms with Crippen LogP contribution in [0.15, 0.2) is 24.3 Å². The number of hydrogen-bond donors (Lipinski definition) is 1. The number of hydrogen-bond acceptors (Lipinski definition) is 3. The molecule has 5 heteroatoms. The van der Waals surface area contributed by atoms with Crippen LogP contribution >= 0.6 is 11.6 Å². The van der Waals surface area contributed by atoms with Crippen molar-refractivity contribution in [1.82, 2.24) is 10.2 Å². The predicted molar refractivity (Wildman–Crippen MR) is 91.4 cm³/mol. The first-order valence-corrected chi connectivity index (χ1v) is 8.03. The van der Waals surface area contributed by atoms with Crippen LogP contribution in [-0.2, 0) is 4.74 Å². The zero-order valence-corrected chi connectivity index (χ0v) is 14.9. The second kappa shape index (κ2) is 8.39. The van der Waals surface area contributed by atoms with E-state index in [4.69, 9.17) is 16.3 Å². The van der Waals surface area contributed by atoms with Crippen molar-refractivity contribution < 1.29 is 9.53 Å². The largest absolute Gasteiger partial charge is 0.444 e. The molecule has 0 radical (unpaired) electrons. The van der Waals surface area contributed by atoms with Gasteiger partial charge in [0.25, 0.3) is 0 Å². The summed E-state index contributed by atoms with van der Waals surface area (Å²) < 4.78 is 5.33. The Bertz CT molecular complexity index is 469. The Morgan fingerprint density at radius 1 is 1.32 bits per heavy atom. The number of nitrogens with one attached hydrogen (secondary N) is 1. The summed E-state index contributed by atoms with van der Waals surface area (Å²) in [6, 6.07) is 8.11. The van der Waals surface area contributed by atoms with Crippen molar-refractivity contribution in [2.24, 2.45) is 0 Å². The van der Waals surface area contributed by atoms with E-state index >= 15 is 0 Å². The van der Waals surface area contributed by atoms with Crippen LogP contribution in [0, 0.1) is 0 Å². The van der Waals surface area contributed by atoms with E-state index in [1.165, 1.54) is 5.56 Å². The summed E-state index contributed by atoms with van der Waals surface area (Å²) in [6.45, 7) is 9.03. The van der Waals surface area contributed by atoms with Gasteiger partial charge in [-0.1, -0.05) is 30.7 Å². The summed E-state index contributed by atoms with van der Waals surface area (Å²) in [5.74, 6) is 0. The summed E-state index contributed by atoms with van der Waals surface area (Å²) in [5.41, 5.74) is 0.737. The number of halogens is 1. The van der Waals surface area contributed by atoms with E-state index < -0.39 is 5.60 Å². The molecule has 0 aliphatic heterocycles. The Hall–Kier alpha value is -1.26. The molecular weight excluding hydrogens is 300 g/mol. The van der Waals surface area contributed by atoms with E-state index in [-0.39, 0.29) is 12.1 Å². The van der Waals surface area contributed by atoms with E-state index in [1.54, 1.807) is 11.9 Å². The molecule has 4 nitrogen and oxygen atoms in total. The highest BCUT2D eigenvalue weighted by Gasteiger charge is 2.19. The highest BCUT2D eigenvalue weighted by molar-refractivity contribution is 6.30. The molecular formula is C17H27ClN2O2. The zero-order valence-electron chi connectivity index (χ0n) is 14.1. The number of benzene rings is 1. The van der Waals surface area contributed by atoms with Gasteiger partial charge in [0.05, 0.1) is 0 Å². The lowest BCUT2D eigenvalue weighted by molar-refractivity contribution is 0.0299. The number of likely N-dealkylation sites (N-methyl/N-ethyl adjacent to an activating group) is 1. The van der Waals surface area contributed by atoms with Gasteiger partial charge in [0.2, 0.25) is 0 Å². The van der Waals surface area contributed by atoms with Crippen LogP contribution in [-0.4, -0.2) is 36.7 Å².